The van der Waals surface area contributed by atoms with Gasteiger partial charge in [-0.3, -0.25) is 4.79 Å². The minimum Gasteiger partial charge on any atom is -0.324 e. The number of rotatable bonds is 6. The first-order valence-electron chi connectivity index (χ1n) is 7.96. The average Bonchev–Trinajstić information content (AvgIpc) is 2.56. The normalized spacial score (nSPS) is 13.4. The molecule has 0 heterocycles. The molecular weight excluding hydrogens is 291 g/mol. The number of nitrogens with one attached hydrogen (secondary N) is 2. The van der Waals surface area contributed by atoms with Crippen LogP contribution in [0, 0.1) is 5.82 Å². The summed E-state index contributed by atoms with van der Waals surface area (Å²) in [5.74, 6) is -0.294. The van der Waals surface area contributed by atoms with Gasteiger partial charge in [-0.25, -0.2) is 4.39 Å². The van der Waals surface area contributed by atoms with Crippen LogP contribution in [0.3, 0.4) is 0 Å². The number of hydrogen-bond donors (Lipinski definition) is 2. The molecule has 0 radical (unpaired) electrons. The van der Waals surface area contributed by atoms with E-state index in [1.165, 1.54) is 11.6 Å². The number of halogens is 1. The predicted octanol–water partition coefficient (Wildman–Crippen LogP) is 2.43. The Labute approximate surface area is 137 Å². The smallest absolute Gasteiger partial charge is 0.282 e. The minimum absolute atomic E-state index is 0.0666. The van der Waals surface area contributed by atoms with Crippen molar-refractivity contribution in [1.29, 1.82) is 0 Å². The molecule has 3 nitrogen and oxygen atoms in total. The Morgan fingerprint density at radius 1 is 1.17 bits per heavy atom. The molecule has 2 aromatic carbocycles. The van der Waals surface area contributed by atoms with E-state index in [1.807, 2.05) is 44.3 Å². The average molecular weight is 315 g/mol. The molecule has 0 spiro atoms. The zero-order chi connectivity index (χ0) is 16.8. The molecule has 2 atom stereocenters. The molecule has 0 saturated heterocycles. The van der Waals surface area contributed by atoms with Crippen LogP contribution in [0.25, 0.3) is 0 Å². The molecule has 0 bridgehead atoms. The van der Waals surface area contributed by atoms with E-state index in [1.54, 1.807) is 12.1 Å². The van der Waals surface area contributed by atoms with E-state index in [9.17, 15) is 9.18 Å². The maximum Gasteiger partial charge on any atom is 0.282 e. The molecule has 2 rings (SSSR count). The van der Waals surface area contributed by atoms with Crippen molar-refractivity contribution >= 4 is 11.6 Å². The fourth-order valence-electron chi connectivity index (χ4n) is 2.39. The minimum atomic E-state index is -0.277. The van der Waals surface area contributed by atoms with Crippen molar-refractivity contribution in [3.8, 4) is 0 Å². The van der Waals surface area contributed by atoms with Crippen LogP contribution >= 0.6 is 0 Å². The quantitative estimate of drug-likeness (QED) is 0.843. The van der Waals surface area contributed by atoms with Gasteiger partial charge in [0, 0.05) is 11.3 Å². The lowest BCUT2D eigenvalue weighted by Crippen LogP contribution is -3.12. The van der Waals surface area contributed by atoms with Crippen LogP contribution < -0.4 is 10.2 Å². The topological polar surface area (TPSA) is 33.5 Å². The van der Waals surface area contributed by atoms with Crippen molar-refractivity contribution in [2.45, 2.75) is 32.9 Å². The molecule has 2 N–H and O–H groups in total. The first kappa shape index (κ1) is 17.2. The van der Waals surface area contributed by atoms with Crippen molar-refractivity contribution in [3.63, 3.8) is 0 Å². The summed E-state index contributed by atoms with van der Waals surface area (Å²) < 4.78 is 13.7. The highest BCUT2D eigenvalue weighted by molar-refractivity contribution is 5.93. The SMILES string of the molecule is CCc1ccc(NC(=O)[C@H](C)[NH+](C)Cc2ccccc2F)cc1. The molecule has 0 aliphatic heterocycles. The van der Waals surface area contributed by atoms with Gasteiger partial charge in [0.25, 0.3) is 5.91 Å². The van der Waals surface area contributed by atoms with E-state index in [0.29, 0.717) is 12.1 Å². The van der Waals surface area contributed by atoms with Crippen molar-refractivity contribution in [3.05, 3.63) is 65.5 Å². The number of likely N-dealkylation sites (N-methyl/N-ethyl adjacent to an activating group) is 1. The molecule has 0 aromatic heterocycles. The maximum atomic E-state index is 13.7. The standard InChI is InChI=1S/C19H23FN2O/c1-4-15-9-11-17(12-10-15)21-19(23)14(2)22(3)13-16-7-5-6-8-18(16)20/h5-12,14H,4,13H2,1-3H3,(H,21,23)/p+1/t14-/m0/s1. The maximum absolute atomic E-state index is 13.7. The Balaban J connectivity index is 1.96. The highest BCUT2D eigenvalue weighted by Crippen LogP contribution is 2.10. The fourth-order valence-corrected chi connectivity index (χ4v) is 2.39. The number of aryl methyl sites for hydroxylation is 1. The number of amides is 1. The van der Waals surface area contributed by atoms with Gasteiger partial charge in [0.1, 0.15) is 12.4 Å². The molecule has 0 aliphatic rings. The summed E-state index contributed by atoms with van der Waals surface area (Å²) in [7, 11) is 1.90. The van der Waals surface area contributed by atoms with Gasteiger partial charge in [-0.1, -0.05) is 37.3 Å². The number of carbonyl (C=O) groups is 1. The Hall–Kier alpha value is -2.20. The zero-order valence-electron chi connectivity index (χ0n) is 13.9. The van der Waals surface area contributed by atoms with E-state index in [4.69, 9.17) is 0 Å². The molecule has 4 heteroatoms. The third kappa shape index (κ3) is 4.63. The third-order valence-corrected chi connectivity index (χ3v) is 4.19. The van der Waals surface area contributed by atoms with Crippen molar-refractivity contribution in [2.24, 2.45) is 0 Å². The lowest BCUT2D eigenvalue weighted by molar-refractivity contribution is -0.908. The zero-order valence-corrected chi connectivity index (χ0v) is 13.9. The first-order valence-corrected chi connectivity index (χ1v) is 7.96. The van der Waals surface area contributed by atoms with Gasteiger partial charge in [0.05, 0.1) is 7.05 Å². The summed E-state index contributed by atoms with van der Waals surface area (Å²) in [6, 6.07) is 14.3. The Morgan fingerprint density at radius 3 is 2.43 bits per heavy atom. The molecule has 1 amide bonds. The summed E-state index contributed by atoms with van der Waals surface area (Å²) in [6.07, 6.45) is 0.972. The predicted molar refractivity (Wildman–Crippen MR) is 90.9 cm³/mol. The highest BCUT2D eigenvalue weighted by Gasteiger charge is 2.22. The Kier molecular flexibility index (Phi) is 5.88. The van der Waals surface area contributed by atoms with Gasteiger partial charge in [-0.05, 0) is 37.1 Å². The van der Waals surface area contributed by atoms with Crippen LogP contribution in [0.5, 0.6) is 0 Å². The second kappa shape index (κ2) is 7.88. The summed E-state index contributed by atoms with van der Waals surface area (Å²) in [5.41, 5.74) is 2.65. The summed E-state index contributed by atoms with van der Waals surface area (Å²) in [4.78, 5) is 13.3. The molecule has 2 aromatic rings. The van der Waals surface area contributed by atoms with Crippen molar-refractivity contribution < 1.29 is 14.1 Å². The number of carbonyl (C=O) groups excluding carboxylic acids is 1. The molecule has 0 saturated carbocycles. The van der Waals surface area contributed by atoms with Gasteiger partial charge < -0.3 is 10.2 Å². The van der Waals surface area contributed by atoms with Gasteiger partial charge in [-0.15, -0.1) is 0 Å². The van der Waals surface area contributed by atoms with Crippen LogP contribution in [0.2, 0.25) is 0 Å². The summed E-state index contributed by atoms with van der Waals surface area (Å²) >= 11 is 0. The monoisotopic (exact) mass is 315 g/mol. The van der Waals surface area contributed by atoms with Crippen LogP contribution in [0.4, 0.5) is 10.1 Å². The van der Waals surface area contributed by atoms with Crippen LogP contribution in [0.1, 0.15) is 25.0 Å². The van der Waals surface area contributed by atoms with E-state index in [2.05, 4.69) is 12.2 Å². The van der Waals surface area contributed by atoms with E-state index in [0.717, 1.165) is 17.0 Å². The molecule has 1 unspecified atom stereocenters. The van der Waals surface area contributed by atoms with Crippen LogP contribution in [0.15, 0.2) is 48.5 Å². The Bertz CT molecular complexity index is 655. The molecule has 0 aliphatic carbocycles. The second-order valence-corrected chi connectivity index (χ2v) is 5.88. The van der Waals surface area contributed by atoms with Crippen LogP contribution in [-0.2, 0) is 17.8 Å². The number of quaternary nitrogens is 1. The fraction of sp³-hybridized carbons (Fsp3) is 0.316. The first-order chi connectivity index (χ1) is 11.0. The highest BCUT2D eigenvalue weighted by atomic mass is 19.1. The summed E-state index contributed by atoms with van der Waals surface area (Å²) in [5, 5.41) is 2.92. The van der Waals surface area contributed by atoms with Crippen LogP contribution in [-0.4, -0.2) is 19.0 Å². The lowest BCUT2D eigenvalue weighted by Gasteiger charge is -2.21. The number of benzene rings is 2. The van der Waals surface area contributed by atoms with Crippen molar-refractivity contribution in [1.82, 2.24) is 0 Å². The largest absolute Gasteiger partial charge is 0.324 e. The summed E-state index contributed by atoms with van der Waals surface area (Å²) in [6.45, 7) is 4.42. The molecule has 122 valence electrons. The third-order valence-electron chi connectivity index (χ3n) is 4.19. The lowest BCUT2D eigenvalue weighted by atomic mass is 10.1. The number of anilines is 1. The van der Waals surface area contributed by atoms with E-state index < -0.39 is 0 Å². The Morgan fingerprint density at radius 2 is 1.83 bits per heavy atom. The van der Waals surface area contributed by atoms with Gasteiger partial charge in [0.15, 0.2) is 6.04 Å². The van der Waals surface area contributed by atoms with Gasteiger partial charge in [0.2, 0.25) is 0 Å². The van der Waals surface area contributed by atoms with E-state index in [-0.39, 0.29) is 17.8 Å². The molecular formula is C19H24FN2O+. The van der Waals surface area contributed by atoms with Gasteiger partial charge >= 0.3 is 0 Å². The number of hydrogen-bond acceptors (Lipinski definition) is 1. The molecule has 23 heavy (non-hydrogen) atoms. The van der Waals surface area contributed by atoms with E-state index >= 15 is 0 Å². The molecule has 0 fully saturated rings. The van der Waals surface area contributed by atoms with Gasteiger partial charge in [-0.2, -0.15) is 0 Å². The second-order valence-electron chi connectivity index (χ2n) is 5.88. The van der Waals surface area contributed by atoms with Crippen molar-refractivity contribution in [2.75, 3.05) is 12.4 Å².